The summed E-state index contributed by atoms with van der Waals surface area (Å²) in [6.07, 6.45) is 4.80. The summed E-state index contributed by atoms with van der Waals surface area (Å²) < 4.78 is 8.16. The Morgan fingerprint density at radius 3 is 2.66 bits per heavy atom. The summed E-state index contributed by atoms with van der Waals surface area (Å²) >= 11 is 0. The second-order valence-corrected chi connectivity index (χ2v) is 8.20. The third-order valence-electron chi connectivity index (χ3n) is 6.08. The van der Waals surface area contributed by atoms with Crippen LogP contribution in [0.3, 0.4) is 0 Å². The lowest BCUT2D eigenvalue weighted by Gasteiger charge is -2.11. The number of hydrogen-bond donors (Lipinski definition) is 1. The van der Waals surface area contributed by atoms with Crippen LogP contribution in [0.4, 0.5) is 0 Å². The molecule has 2 heterocycles. The first-order chi connectivity index (χ1) is 15.7. The van der Waals surface area contributed by atoms with Crippen LogP contribution in [0.5, 0.6) is 5.75 Å². The van der Waals surface area contributed by atoms with E-state index in [1.54, 1.807) is 0 Å². The minimum absolute atomic E-state index is 0.289. The van der Waals surface area contributed by atoms with Crippen molar-refractivity contribution in [2.24, 2.45) is 7.05 Å². The van der Waals surface area contributed by atoms with Gasteiger partial charge in [0.1, 0.15) is 5.75 Å². The smallest absolute Gasteiger partial charge is 0.211 e. The van der Waals surface area contributed by atoms with Gasteiger partial charge in [-0.15, -0.1) is 10.2 Å². The van der Waals surface area contributed by atoms with E-state index >= 15 is 0 Å². The summed E-state index contributed by atoms with van der Waals surface area (Å²) in [6.45, 7) is 2.55. The van der Waals surface area contributed by atoms with Crippen molar-refractivity contribution in [3.05, 3.63) is 72.1 Å². The van der Waals surface area contributed by atoms with Gasteiger partial charge in [-0.3, -0.25) is 0 Å². The Morgan fingerprint density at radius 2 is 1.81 bits per heavy atom. The second kappa shape index (κ2) is 8.83. The minimum atomic E-state index is 0.289. The molecule has 6 nitrogen and oxygen atoms in total. The number of aryl methyl sites for hydroxylation is 2. The van der Waals surface area contributed by atoms with Crippen LogP contribution >= 0.6 is 0 Å². The molecule has 2 aromatic heterocycles. The minimum Gasteiger partial charge on any atom is -0.485 e. The number of nitrogens with zero attached hydrogens (tertiary/aromatic N) is 4. The van der Waals surface area contributed by atoms with Gasteiger partial charge >= 0.3 is 0 Å². The Labute approximate surface area is 187 Å². The summed E-state index contributed by atoms with van der Waals surface area (Å²) in [4.78, 5) is 0. The van der Waals surface area contributed by atoms with Crippen molar-refractivity contribution in [3.8, 4) is 17.0 Å². The molecule has 0 saturated heterocycles. The molecular formula is C26H27N5O. The zero-order chi connectivity index (χ0) is 21.9. The van der Waals surface area contributed by atoms with Gasteiger partial charge in [0.25, 0.3) is 0 Å². The van der Waals surface area contributed by atoms with Gasteiger partial charge in [-0.05, 0) is 59.0 Å². The number of benzene rings is 3. The third kappa shape index (κ3) is 3.84. The molecule has 162 valence electrons. The molecule has 0 atom stereocenters. The summed E-state index contributed by atoms with van der Waals surface area (Å²) in [6, 6.07) is 21.6. The standard InChI is InChI=1S/C26H27N5O/c1-3-4-5-9-23-22-8-6-7-10-24(22)31(2)26(23)20-12-11-19-16-21(14-13-18(19)15-20)32-17-25-27-29-30-28-25/h6-8,10-16H,3-5,9,17H2,1-2H3,(H,27,28,29,30). The summed E-state index contributed by atoms with van der Waals surface area (Å²) in [7, 11) is 2.18. The zero-order valence-corrected chi connectivity index (χ0v) is 18.5. The maximum Gasteiger partial charge on any atom is 0.211 e. The molecule has 5 aromatic rings. The number of aromatic amines is 1. The predicted octanol–water partition coefficient (Wildman–Crippen LogP) is 5.82. The van der Waals surface area contributed by atoms with Crippen molar-refractivity contribution < 1.29 is 4.74 Å². The van der Waals surface area contributed by atoms with E-state index < -0.39 is 0 Å². The quantitative estimate of drug-likeness (QED) is 0.318. The number of unbranched alkanes of at least 4 members (excludes halogenated alkanes) is 2. The van der Waals surface area contributed by atoms with E-state index in [9.17, 15) is 0 Å². The summed E-state index contributed by atoms with van der Waals surface area (Å²) in [5.41, 5.74) is 5.32. The number of aromatic nitrogens is 5. The van der Waals surface area contributed by atoms with Crippen molar-refractivity contribution in [3.63, 3.8) is 0 Å². The molecule has 32 heavy (non-hydrogen) atoms. The van der Waals surface area contributed by atoms with Gasteiger partial charge < -0.3 is 9.30 Å². The highest BCUT2D eigenvalue weighted by Crippen LogP contribution is 2.36. The Morgan fingerprint density at radius 1 is 0.969 bits per heavy atom. The Hall–Kier alpha value is -3.67. The fourth-order valence-electron chi connectivity index (χ4n) is 4.50. The molecule has 6 heteroatoms. The fourth-order valence-corrected chi connectivity index (χ4v) is 4.50. The molecule has 0 aliphatic carbocycles. The molecule has 0 aliphatic rings. The molecule has 0 spiro atoms. The van der Waals surface area contributed by atoms with E-state index in [1.807, 2.05) is 6.07 Å². The topological polar surface area (TPSA) is 68.6 Å². The normalized spacial score (nSPS) is 11.4. The Bertz CT molecular complexity index is 1350. The van der Waals surface area contributed by atoms with Crippen LogP contribution in [0, 0.1) is 0 Å². The summed E-state index contributed by atoms with van der Waals surface area (Å²) in [5, 5.41) is 17.6. The molecular weight excluding hydrogens is 398 g/mol. The van der Waals surface area contributed by atoms with E-state index in [4.69, 9.17) is 4.74 Å². The van der Waals surface area contributed by atoms with Crippen LogP contribution in [-0.2, 0) is 20.1 Å². The van der Waals surface area contributed by atoms with Crippen molar-refractivity contribution >= 4 is 21.7 Å². The third-order valence-corrected chi connectivity index (χ3v) is 6.08. The number of hydrogen-bond acceptors (Lipinski definition) is 4. The van der Waals surface area contributed by atoms with Crippen LogP contribution < -0.4 is 4.74 Å². The maximum absolute atomic E-state index is 5.82. The first kappa shape index (κ1) is 20.2. The lowest BCUT2D eigenvalue weighted by Crippen LogP contribution is -1.98. The van der Waals surface area contributed by atoms with E-state index in [2.05, 4.69) is 93.8 Å². The molecule has 0 fully saturated rings. The Balaban J connectivity index is 1.50. The number of tetrazole rings is 1. The van der Waals surface area contributed by atoms with Crippen LogP contribution in [0.2, 0.25) is 0 Å². The highest BCUT2D eigenvalue weighted by atomic mass is 16.5. The van der Waals surface area contributed by atoms with Crippen LogP contribution in [0.1, 0.15) is 37.6 Å². The largest absolute Gasteiger partial charge is 0.485 e. The number of ether oxygens (including phenoxy) is 1. The van der Waals surface area contributed by atoms with Gasteiger partial charge in [0.2, 0.25) is 5.82 Å². The van der Waals surface area contributed by atoms with E-state index in [1.165, 1.54) is 52.4 Å². The number of H-pyrrole nitrogens is 1. The average molecular weight is 426 g/mol. The van der Waals surface area contributed by atoms with Crippen LogP contribution in [-0.4, -0.2) is 25.2 Å². The molecule has 3 aromatic carbocycles. The molecule has 5 rings (SSSR count). The van der Waals surface area contributed by atoms with Crippen molar-refractivity contribution in [1.29, 1.82) is 0 Å². The Kier molecular flexibility index (Phi) is 5.58. The first-order valence-corrected chi connectivity index (χ1v) is 11.2. The van der Waals surface area contributed by atoms with Crippen LogP contribution in [0.15, 0.2) is 60.7 Å². The monoisotopic (exact) mass is 425 g/mol. The lowest BCUT2D eigenvalue weighted by molar-refractivity contribution is 0.296. The molecule has 0 amide bonds. The number of nitrogens with one attached hydrogen (secondary N) is 1. The molecule has 0 bridgehead atoms. The van der Waals surface area contributed by atoms with Gasteiger partial charge in [-0.2, -0.15) is 5.21 Å². The number of rotatable bonds is 8. The fraction of sp³-hybridized carbons (Fsp3) is 0.269. The van der Waals surface area contributed by atoms with Crippen LogP contribution in [0.25, 0.3) is 32.9 Å². The average Bonchev–Trinajstić information content (AvgIpc) is 3.44. The van der Waals surface area contributed by atoms with Crippen molar-refractivity contribution in [2.75, 3.05) is 0 Å². The predicted molar refractivity (Wildman–Crippen MR) is 128 cm³/mol. The molecule has 0 unspecified atom stereocenters. The van der Waals surface area contributed by atoms with E-state index in [-0.39, 0.29) is 6.61 Å². The summed E-state index contributed by atoms with van der Waals surface area (Å²) in [5.74, 6) is 1.33. The maximum atomic E-state index is 5.82. The number of para-hydroxylation sites is 1. The molecule has 1 N–H and O–H groups in total. The van der Waals surface area contributed by atoms with Gasteiger partial charge in [0, 0.05) is 18.0 Å². The molecule has 0 radical (unpaired) electrons. The van der Waals surface area contributed by atoms with Gasteiger partial charge in [-0.25, -0.2) is 0 Å². The zero-order valence-electron chi connectivity index (χ0n) is 18.5. The highest BCUT2D eigenvalue weighted by Gasteiger charge is 2.16. The van der Waals surface area contributed by atoms with Crippen molar-refractivity contribution in [1.82, 2.24) is 25.2 Å². The highest BCUT2D eigenvalue weighted by molar-refractivity contribution is 5.94. The molecule has 0 aliphatic heterocycles. The van der Waals surface area contributed by atoms with Gasteiger partial charge in [0.15, 0.2) is 6.61 Å². The van der Waals surface area contributed by atoms with Gasteiger partial charge in [0.05, 0.1) is 5.69 Å². The first-order valence-electron chi connectivity index (χ1n) is 11.2. The number of fused-ring (bicyclic) bond motifs is 2. The second-order valence-electron chi connectivity index (χ2n) is 8.20. The van der Waals surface area contributed by atoms with Gasteiger partial charge in [-0.1, -0.05) is 61.4 Å². The van der Waals surface area contributed by atoms with Crippen molar-refractivity contribution in [2.45, 2.75) is 39.2 Å². The molecule has 0 saturated carbocycles. The van der Waals surface area contributed by atoms with E-state index in [0.29, 0.717) is 5.82 Å². The SMILES string of the molecule is CCCCCc1c(-c2ccc3cc(OCc4nn[nH]n4)ccc3c2)n(C)c2ccccc12. The lowest BCUT2D eigenvalue weighted by atomic mass is 9.98. The van der Waals surface area contributed by atoms with E-state index in [0.717, 1.165) is 17.6 Å².